The second-order valence-electron chi connectivity index (χ2n) is 4.14. The van der Waals surface area contributed by atoms with E-state index in [0.717, 1.165) is 0 Å². The molecule has 5 nitrogen and oxygen atoms in total. The van der Waals surface area contributed by atoms with Crippen LogP contribution in [0.3, 0.4) is 0 Å². The molecule has 0 heterocycles. The molecular formula is C13H9Cl3N2O3S. The van der Waals surface area contributed by atoms with E-state index < -0.39 is 15.9 Å². The van der Waals surface area contributed by atoms with Gasteiger partial charge in [-0.2, -0.15) is 0 Å². The van der Waals surface area contributed by atoms with Gasteiger partial charge in [-0.05, 0) is 42.5 Å². The maximum Gasteiger partial charge on any atom is 0.267 e. The number of carbonyl (C=O) groups excluding carboxylic acids is 1. The third-order valence-electron chi connectivity index (χ3n) is 2.60. The molecule has 0 saturated carbocycles. The lowest BCUT2D eigenvalue weighted by atomic mass is 10.2. The van der Waals surface area contributed by atoms with Gasteiger partial charge >= 0.3 is 0 Å². The van der Waals surface area contributed by atoms with E-state index in [9.17, 15) is 13.2 Å². The molecule has 2 aromatic rings. The highest BCUT2D eigenvalue weighted by atomic mass is 35.5. The lowest BCUT2D eigenvalue weighted by Gasteiger charge is -2.09. The number of hydrazine groups is 1. The first-order chi connectivity index (χ1) is 10.3. The zero-order valence-electron chi connectivity index (χ0n) is 10.8. The Bertz CT molecular complexity index is 808. The van der Waals surface area contributed by atoms with Gasteiger partial charge < -0.3 is 0 Å². The van der Waals surface area contributed by atoms with Gasteiger partial charge in [0.25, 0.3) is 15.9 Å². The average molecular weight is 380 g/mol. The fourth-order valence-corrected chi connectivity index (χ4v) is 2.99. The summed E-state index contributed by atoms with van der Waals surface area (Å²) in [6.07, 6.45) is 0. The predicted octanol–water partition coefficient (Wildman–Crippen LogP) is 3.27. The molecule has 2 aromatic carbocycles. The van der Waals surface area contributed by atoms with Gasteiger partial charge in [0.1, 0.15) is 0 Å². The highest BCUT2D eigenvalue weighted by Crippen LogP contribution is 2.20. The lowest BCUT2D eigenvalue weighted by molar-refractivity contribution is 0.0945. The minimum Gasteiger partial charge on any atom is -0.273 e. The maximum absolute atomic E-state index is 12.0. The van der Waals surface area contributed by atoms with Crippen LogP contribution in [-0.4, -0.2) is 14.3 Å². The Hall–Kier alpha value is -1.31. The van der Waals surface area contributed by atoms with Crippen LogP contribution in [0.25, 0.3) is 0 Å². The minimum absolute atomic E-state index is 0.0422. The van der Waals surface area contributed by atoms with Crippen molar-refractivity contribution in [3.8, 4) is 0 Å². The summed E-state index contributed by atoms with van der Waals surface area (Å²) in [5.41, 5.74) is 2.16. The van der Waals surface area contributed by atoms with Crippen LogP contribution >= 0.6 is 34.8 Å². The number of carbonyl (C=O) groups is 1. The Morgan fingerprint density at radius 3 is 2.09 bits per heavy atom. The van der Waals surface area contributed by atoms with Gasteiger partial charge in [0.05, 0.1) is 15.5 Å². The number of amides is 1. The highest BCUT2D eigenvalue weighted by Gasteiger charge is 2.17. The van der Waals surface area contributed by atoms with Crippen molar-refractivity contribution in [2.45, 2.75) is 4.90 Å². The van der Waals surface area contributed by atoms with E-state index in [4.69, 9.17) is 34.8 Å². The largest absolute Gasteiger partial charge is 0.273 e. The summed E-state index contributed by atoms with van der Waals surface area (Å²) in [7, 11) is -3.91. The normalized spacial score (nSPS) is 11.2. The van der Waals surface area contributed by atoms with Crippen molar-refractivity contribution in [1.82, 2.24) is 10.3 Å². The minimum atomic E-state index is -3.91. The number of hydrogen-bond donors (Lipinski definition) is 2. The predicted molar refractivity (Wildman–Crippen MR) is 85.7 cm³/mol. The molecule has 9 heteroatoms. The van der Waals surface area contributed by atoms with E-state index in [2.05, 4.69) is 5.43 Å². The number of sulfonamides is 1. The van der Waals surface area contributed by atoms with Crippen LogP contribution in [-0.2, 0) is 10.0 Å². The number of nitrogens with one attached hydrogen (secondary N) is 2. The summed E-state index contributed by atoms with van der Waals surface area (Å²) in [6.45, 7) is 0. The van der Waals surface area contributed by atoms with Gasteiger partial charge in [0, 0.05) is 10.0 Å². The van der Waals surface area contributed by atoms with E-state index in [1.54, 1.807) is 0 Å². The van der Waals surface area contributed by atoms with Crippen molar-refractivity contribution < 1.29 is 13.2 Å². The van der Waals surface area contributed by atoms with E-state index in [0.29, 0.717) is 10.0 Å². The molecule has 0 fully saturated rings. The summed E-state index contributed by atoms with van der Waals surface area (Å²) in [5, 5.41) is 0.870. The third kappa shape index (κ3) is 4.12. The molecule has 0 bridgehead atoms. The molecule has 0 aromatic heterocycles. The van der Waals surface area contributed by atoms with Crippen molar-refractivity contribution in [3.05, 3.63) is 63.1 Å². The summed E-state index contributed by atoms with van der Waals surface area (Å²) in [5.74, 6) is -0.709. The Morgan fingerprint density at radius 2 is 1.50 bits per heavy atom. The summed E-state index contributed by atoms with van der Waals surface area (Å²) in [6, 6.07) is 9.71. The van der Waals surface area contributed by atoms with Crippen molar-refractivity contribution in [2.75, 3.05) is 0 Å². The van der Waals surface area contributed by atoms with Gasteiger partial charge in [0.2, 0.25) is 0 Å². The van der Waals surface area contributed by atoms with E-state index in [1.807, 2.05) is 4.83 Å². The second kappa shape index (κ2) is 6.85. The first kappa shape index (κ1) is 17.1. The van der Waals surface area contributed by atoms with Crippen molar-refractivity contribution >= 4 is 50.7 Å². The summed E-state index contributed by atoms with van der Waals surface area (Å²) in [4.78, 5) is 13.9. The lowest BCUT2D eigenvalue weighted by Crippen LogP contribution is -2.41. The van der Waals surface area contributed by atoms with Crippen LogP contribution in [0.5, 0.6) is 0 Å². The topological polar surface area (TPSA) is 75.3 Å². The molecule has 0 aliphatic rings. The van der Waals surface area contributed by atoms with Crippen LogP contribution < -0.4 is 10.3 Å². The zero-order chi connectivity index (χ0) is 16.3. The van der Waals surface area contributed by atoms with Crippen LogP contribution in [0.4, 0.5) is 0 Å². The molecule has 2 rings (SSSR count). The standard InChI is InChI=1S/C13H9Cl3N2O3S/c14-8-1-4-10(5-2-8)22(20,21)18-17-13(19)11-6-3-9(15)7-12(11)16/h1-7,18H,(H,17,19). The molecular weight excluding hydrogens is 371 g/mol. The molecule has 0 spiro atoms. The van der Waals surface area contributed by atoms with Crippen molar-refractivity contribution in [3.63, 3.8) is 0 Å². The van der Waals surface area contributed by atoms with Crippen LogP contribution in [0.2, 0.25) is 15.1 Å². The summed E-state index contributed by atoms with van der Waals surface area (Å²) < 4.78 is 24.0. The molecule has 0 atom stereocenters. The van der Waals surface area contributed by atoms with Crippen molar-refractivity contribution in [1.29, 1.82) is 0 Å². The Labute approximate surface area is 142 Å². The van der Waals surface area contributed by atoms with Crippen molar-refractivity contribution in [2.24, 2.45) is 0 Å². The third-order valence-corrected chi connectivity index (χ3v) is 4.66. The molecule has 0 radical (unpaired) electrons. The van der Waals surface area contributed by atoms with E-state index in [1.165, 1.54) is 42.5 Å². The number of hydrogen-bond acceptors (Lipinski definition) is 3. The van der Waals surface area contributed by atoms with Crippen LogP contribution in [0.1, 0.15) is 10.4 Å². The Kier molecular flexibility index (Phi) is 5.31. The van der Waals surface area contributed by atoms with Gasteiger partial charge in [-0.1, -0.05) is 34.8 Å². The van der Waals surface area contributed by atoms with Gasteiger partial charge in [-0.3, -0.25) is 10.2 Å². The molecule has 116 valence electrons. The highest BCUT2D eigenvalue weighted by molar-refractivity contribution is 7.89. The fraction of sp³-hybridized carbons (Fsp3) is 0. The first-order valence-electron chi connectivity index (χ1n) is 5.82. The molecule has 0 aliphatic carbocycles. The summed E-state index contributed by atoms with van der Waals surface area (Å²) >= 11 is 17.3. The van der Waals surface area contributed by atoms with E-state index >= 15 is 0 Å². The zero-order valence-corrected chi connectivity index (χ0v) is 13.9. The average Bonchev–Trinajstić information content (AvgIpc) is 2.45. The smallest absolute Gasteiger partial charge is 0.267 e. The van der Waals surface area contributed by atoms with Gasteiger partial charge in [-0.25, -0.2) is 8.42 Å². The molecule has 0 unspecified atom stereocenters. The molecule has 2 N–H and O–H groups in total. The molecule has 22 heavy (non-hydrogen) atoms. The Morgan fingerprint density at radius 1 is 0.909 bits per heavy atom. The quantitative estimate of drug-likeness (QED) is 0.801. The van der Waals surface area contributed by atoms with Gasteiger partial charge in [0.15, 0.2) is 0 Å². The molecule has 0 saturated heterocycles. The van der Waals surface area contributed by atoms with Gasteiger partial charge in [-0.15, -0.1) is 4.83 Å². The first-order valence-corrected chi connectivity index (χ1v) is 8.44. The number of rotatable bonds is 4. The maximum atomic E-state index is 12.0. The second-order valence-corrected chi connectivity index (χ2v) is 7.10. The fourth-order valence-electron chi connectivity index (χ4n) is 1.53. The van der Waals surface area contributed by atoms with Crippen LogP contribution in [0, 0.1) is 0 Å². The molecule has 0 aliphatic heterocycles. The SMILES string of the molecule is O=C(NNS(=O)(=O)c1ccc(Cl)cc1)c1ccc(Cl)cc1Cl. The van der Waals surface area contributed by atoms with Crippen LogP contribution in [0.15, 0.2) is 47.4 Å². The Balaban J connectivity index is 2.11. The van der Waals surface area contributed by atoms with E-state index in [-0.39, 0.29) is 15.5 Å². The number of benzene rings is 2. The number of halogens is 3. The monoisotopic (exact) mass is 378 g/mol. The molecule has 1 amide bonds.